The summed E-state index contributed by atoms with van der Waals surface area (Å²) in [6.07, 6.45) is 0.232. The Kier molecular flexibility index (Phi) is 3.55. The molecule has 0 aliphatic heterocycles. The molecule has 0 aromatic rings. The lowest BCUT2D eigenvalue weighted by Crippen LogP contribution is -2.07. The summed E-state index contributed by atoms with van der Waals surface area (Å²) >= 11 is 0. The molecule has 0 aromatic carbocycles. The summed E-state index contributed by atoms with van der Waals surface area (Å²) < 4.78 is 0. The lowest BCUT2D eigenvalue weighted by atomic mass is 10.6. The van der Waals surface area contributed by atoms with E-state index in [0.717, 1.165) is 0 Å². The molecule has 0 aliphatic carbocycles. The molecular weight excluding hydrogens is 94.0 g/mol. The molecule has 0 saturated heterocycles. The smallest absolute Gasteiger partial charge is 0.171 e. The second-order valence-corrected chi connectivity index (χ2v) is 1.10. The average molecular weight is 103 g/mol. The van der Waals surface area contributed by atoms with Crippen molar-refractivity contribution >= 4 is 6.21 Å². The minimum Gasteiger partial charge on any atom is -0.367 e. The van der Waals surface area contributed by atoms with Gasteiger partial charge in [-0.25, -0.2) is 0 Å². The molecule has 0 aliphatic rings. The molecule has 0 fully saturated rings. The fourth-order valence-corrected chi connectivity index (χ4v) is 0.200. The average Bonchev–Trinajstić information content (AvgIpc) is 1.61. The maximum absolute atomic E-state index is 8.13. The number of hydrogen-bond donors (Lipinski definition) is 2. The number of aliphatic hydroxyl groups excluding tert-OH is 1. The first-order valence-electron chi connectivity index (χ1n) is 2.08. The van der Waals surface area contributed by atoms with E-state index in [1.807, 2.05) is 0 Å². The normalized spacial score (nSPS) is 11.4. The van der Waals surface area contributed by atoms with Gasteiger partial charge in [0.25, 0.3) is 0 Å². The first kappa shape index (κ1) is 6.59. The van der Waals surface area contributed by atoms with Crippen molar-refractivity contribution < 1.29 is 10.2 Å². The third-order valence-electron chi connectivity index (χ3n) is 0.451. The maximum Gasteiger partial charge on any atom is 0.171 e. The van der Waals surface area contributed by atoms with Crippen LogP contribution in [-0.4, -0.2) is 29.3 Å². The fraction of sp³-hybridized carbons (Fsp3) is 0.750. The number of hydrogen-bond acceptors (Lipinski definition) is 3. The van der Waals surface area contributed by atoms with Crippen molar-refractivity contribution in [1.29, 1.82) is 0 Å². The summed E-state index contributed by atoms with van der Waals surface area (Å²) in [5.74, 6) is 0. The Morgan fingerprint density at radius 1 is 1.71 bits per heavy atom. The van der Waals surface area contributed by atoms with Crippen LogP contribution in [0.3, 0.4) is 0 Å². The van der Waals surface area contributed by atoms with E-state index in [2.05, 4.69) is 4.99 Å². The third-order valence-corrected chi connectivity index (χ3v) is 0.451. The van der Waals surface area contributed by atoms with E-state index in [4.69, 9.17) is 10.2 Å². The zero-order chi connectivity index (χ0) is 5.70. The van der Waals surface area contributed by atoms with Gasteiger partial charge in [0.05, 0.1) is 6.54 Å². The van der Waals surface area contributed by atoms with Gasteiger partial charge in [0, 0.05) is 0 Å². The van der Waals surface area contributed by atoms with Crippen LogP contribution in [0, 0.1) is 0 Å². The molecule has 42 valence electrons. The number of aliphatic imine (C=N–C) groups is 1. The van der Waals surface area contributed by atoms with Gasteiger partial charge in [0.1, 0.15) is 0 Å². The lowest BCUT2D eigenvalue weighted by Gasteiger charge is -1.92. The van der Waals surface area contributed by atoms with Gasteiger partial charge < -0.3 is 10.2 Å². The van der Waals surface area contributed by atoms with E-state index in [0.29, 0.717) is 0 Å². The van der Waals surface area contributed by atoms with Crippen molar-refractivity contribution in [1.82, 2.24) is 0 Å². The molecule has 0 spiro atoms. The molecule has 0 rings (SSSR count). The Morgan fingerprint density at radius 3 is 2.43 bits per heavy atom. The molecule has 0 saturated carbocycles. The Hall–Kier alpha value is -0.410. The van der Waals surface area contributed by atoms with E-state index in [1.54, 1.807) is 6.92 Å². The topological polar surface area (TPSA) is 52.8 Å². The summed E-state index contributed by atoms with van der Waals surface area (Å²) in [4.78, 5) is 3.55. The largest absolute Gasteiger partial charge is 0.367 e. The fourth-order valence-electron chi connectivity index (χ4n) is 0.200. The van der Waals surface area contributed by atoms with Gasteiger partial charge >= 0.3 is 0 Å². The first-order chi connectivity index (χ1) is 3.27. The van der Waals surface area contributed by atoms with E-state index in [1.165, 1.54) is 6.21 Å². The van der Waals surface area contributed by atoms with Crippen LogP contribution in [-0.2, 0) is 0 Å². The SMILES string of the molecule is CC=NCC(O)O. The summed E-state index contributed by atoms with van der Waals surface area (Å²) in [5.41, 5.74) is 0. The molecule has 0 radical (unpaired) electrons. The quantitative estimate of drug-likeness (QED) is 0.362. The highest BCUT2D eigenvalue weighted by Crippen LogP contribution is 1.72. The van der Waals surface area contributed by atoms with Crippen LogP contribution < -0.4 is 0 Å². The van der Waals surface area contributed by atoms with Gasteiger partial charge in [-0.3, -0.25) is 4.99 Å². The van der Waals surface area contributed by atoms with Gasteiger partial charge in [-0.2, -0.15) is 0 Å². The van der Waals surface area contributed by atoms with Crippen molar-refractivity contribution in [3.05, 3.63) is 0 Å². The minimum absolute atomic E-state index is 0.0799. The van der Waals surface area contributed by atoms with Crippen LogP contribution in [0.5, 0.6) is 0 Å². The van der Waals surface area contributed by atoms with Gasteiger partial charge in [0.2, 0.25) is 0 Å². The highest BCUT2D eigenvalue weighted by Gasteiger charge is 1.88. The van der Waals surface area contributed by atoms with Gasteiger partial charge in [-0.1, -0.05) is 0 Å². The maximum atomic E-state index is 8.13. The van der Waals surface area contributed by atoms with E-state index >= 15 is 0 Å². The van der Waals surface area contributed by atoms with Crippen molar-refractivity contribution in [2.45, 2.75) is 13.2 Å². The van der Waals surface area contributed by atoms with Crippen molar-refractivity contribution in [2.24, 2.45) is 4.99 Å². The molecule has 0 amide bonds. The van der Waals surface area contributed by atoms with Crippen molar-refractivity contribution in [3.8, 4) is 0 Å². The molecule has 3 nitrogen and oxygen atoms in total. The molecule has 0 heterocycles. The molecule has 0 aromatic heterocycles. The molecule has 3 heteroatoms. The van der Waals surface area contributed by atoms with Crippen LogP contribution >= 0.6 is 0 Å². The number of rotatable bonds is 2. The summed E-state index contributed by atoms with van der Waals surface area (Å²) in [6.45, 7) is 1.80. The number of aliphatic hydroxyl groups is 2. The van der Waals surface area contributed by atoms with E-state index < -0.39 is 6.29 Å². The van der Waals surface area contributed by atoms with Gasteiger partial charge in [-0.15, -0.1) is 0 Å². The van der Waals surface area contributed by atoms with Gasteiger partial charge in [0.15, 0.2) is 6.29 Å². The summed E-state index contributed by atoms with van der Waals surface area (Å²) in [6, 6.07) is 0. The predicted molar refractivity (Wildman–Crippen MR) is 27.3 cm³/mol. The van der Waals surface area contributed by atoms with Gasteiger partial charge in [-0.05, 0) is 13.1 Å². The van der Waals surface area contributed by atoms with Crippen molar-refractivity contribution in [3.63, 3.8) is 0 Å². The van der Waals surface area contributed by atoms with Crippen molar-refractivity contribution in [2.75, 3.05) is 6.54 Å². The van der Waals surface area contributed by atoms with Crippen LogP contribution in [0.15, 0.2) is 4.99 Å². The first-order valence-corrected chi connectivity index (χ1v) is 2.08. The summed E-state index contributed by atoms with van der Waals surface area (Å²) in [7, 11) is 0. The Balaban J connectivity index is 2.97. The Labute approximate surface area is 42.3 Å². The zero-order valence-corrected chi connectivity index (χ0v) is 4.20. The molecule has 0 bridgehead atoms. The lowest BCUT2D eigenvalue weighted by molar-refractivity contribution is -0.0303. The third kappa shape index (κ3) is 5.59. The van der Waals surface area contributed by atoms with Crippen LogP contribution in [0.25, 0.3) is 0 Å². The monoisotopic (exact) mass is 103 g/mol. The Bertz CT molecular complexity index is 60.7. The highest BCUT2D eigenvalue weighted by atomic mass is 16.5. The highest BCUT2D eigenvalue weighted by molar-refractivity contribution is 5.53. The standard InChI is InChI=1S/C4H9NO2/c1-2-5-3-4(6)7/h2,4,6-7H,3H2,1H3. The molecule has 0 unspecified atom stereocenters. The number of nitrogens with zero attached hydrogens (tertiary/aromatic N) is 1. The minimum atomic E-state index is -1.30. The zero-order valence-electron chi connectivity index (χ0n) is 4.20. The van der Waals surface area contributed by atoms with Crippen LogP contribution in [0.1, 0.15) is 6.92 Å². The van der Waals surface area contributed by atoms with E-state index in [9.17, 15) is 0 Å². The Morgan fingerprint density at radius 2 is 2.29 bits per heavy atom. The van der Waals surface area contributed by atoms with E-state index in [-0.39, 0.29) is 6.54 Å². The van der Waals surface area contributed by atoms with Crippen LogP contribution in [0.4, 0.5) is 0 Å². The van der Waals surface area contributed by atoms with Crippen LogP contribution in [0.2, 0.25) is 0 Å². The molecular formula is C4H9NO2. The second-order valence-electron chi connectivity index (χ2n) is 1.10. The second kappa shape index (κ2) is 3.77. The predicted octanol–water partition coefficient (Wildman–Crippen LogP) is -0.612. The summed E-state index contributed by atoms with van der Waals surface area (Å²) in [5, 5.41) is 16.3. The molecule has 0 atom stereocenters. The molecule has 2 N–H and O–H groups in total. The molecule has 7 heavy (non-hydrogen) atoms.